The number of halogens is 1. The summed E-state index contributed by atoms with van der Waals surface area (Å²) in [5.41, 5.74) is 0.848. The van der Waals surface area contributed by atoms with E-state index in [1.807, 2.05) is 14.0 Å². The van der Waals surface area contributed by atoms with Crippen molar-refractivity contribution in [1.29, 1.82) is 0 Å². The molecule has 5 nitrogen and oxygen atoms in total. The van der Waals surface area contributed by atoms with Gasteiger partial charge in [-0.25, -0.2) is 0 Å². The standard InChI is InChI=1S/C13H17ClN2O3/c1-9-13(5-6-19-9)15(2)8-10-7-11(16(17)18)3-4-12(10)14/h3-4,7,9,13H,5-6,8H2,1-2H3. The summed E-state index contributed by atoms with van der Waals surface area (Å²) in [5.74, 6) is 0. The minimum Gasteiger partial charge on any atom is -0.377 e. The number of rotatable bonds is 4. The molecule has 0 bridgehead atoms. The largest absolute Gasteiger partial charge is 0.377 e. The third-order valence-corrected chi connectivity index (χ3v) is 3.93. The Labute approximate surface area is 117 Å². The van der Waals surface area contributed by atoms with E-state index >= 15 is 0 Å². The van der Waals surface area contributed by atoms with E-state index in [4.69, 9.17) is 16.3 Å². The van der Waals surface area contributed by atoms with Crippen LogP contribution in [0.15, 0.2) is 18.2 Å². The minimum atomic E-state index is -0.402. The molecule has 0 aliphatic carbocycles. The molecular formula is C13H17ClN2O3. The second kappa shape index (κ2) is 5.86. The van der Waals surface area contributed by atoms with Crippen molar-refractivity contribution in [2.45, 2.75) is 32.0 Å². The fourth-order valence-corrected chi connectivity index (χ4v) is 2.66. The van der Waals surface area contributed by atoms with Gasteiger partial charge in [0.15, 0.2) is 0 Å². The first-order valence-corrected chi connectivity index (χ1v) is 6.61. The van der Waals surface area contributed by atoms with E-state index in [1.54, 1.807) is 12.1 Å². The summed E-state index contributed by atoms with van der Waals surface area (Å²) in [4.78, 5) is 12.5. The van der Waals surface area contributed by atoms with Gasteiger partial charge in [0.2, 0.25) is 0 Å². The van der Waals surface area contributed by atoms with Gasteiger partial charge in [0.1, 0.15) is 0 Å². The van der Waals surface area contributed by atoms with Crippen LogP contribution in [0.2, 0.25) is 5.02 Å². The zero-order valence-electron chi connectivity index (χ0n) is 11.0. The van der Waals surface area contributed by atoms with Gasteiger partial charge in [0.25, 0.3) is 5.69 Å². The van der Waals surface area contributed by atoms with Gasteiger partial charge in [-0.15, -0.1) is 0 Å². The molecule has 104 valence electrons. The number of ether oxygens (including phenoxy) is 1. The van der Waals surface area contributed by atoms with Crippen LogP contribution in [0.3, 0.4) is 0 Å². The summed E-state index contributed by atoms with van der Waals surface area (Å²) in [6, 6.07) is 4.87. The predicted molar refractivity (Wildman–Crippen MR) is 73.4 cm³/mol. The van der Waals surface area contributed by atoms with Crippen molar-refractivity contribution in [3.05, 3.63) is 38.9 Å². The van der Waals surface area contributed by atoms with E-state index in [2.05, 4.69) is 4.90 Å². The molecule has 0 radical (unpaired) electrons. The van der Waals surface area contributed by atoms with Crippen molar-refractivity contribution < 1.29 is 9.66 Å². The first-order chi connectivity index (χ1) is 8.99. The maximum atomic E-state index is 10.8. The van der Waals surface area contributed by atoms with Gasteiger partial charge in [-0.2, -0.15) is 0 Å². The lowest BCUT2D eigenvalue weighted by Crippen LogP contribution is -2.36. The zero-order valence-corrected chi connectivity index (χ0v) is 11.8. The molecule has 6 heteroatoms. The quantitative estimate of drug-likeness (QED) is 0.630. The molecule has 2 rings (SSSR count). The number of non-ortho nitro benzene ring substituents is 1. The summed E-state index contributed by atoms with van der Waals surface area (Å²) < 4.78 is 5.53. The zero-order chi connectivity index (χ0) is 14.0. The molecule has 1 aliphatic rings. The molecule has 19 heavy (non-hydrogen) atoms. The smallest absolute Gasteiger partial charge is 0.269 e. The van der Waals surface area contributed by atoms with Crippen LogP contribution in [0.5, 0.6) is 0 Å². The number of likely N-dealkylation sites (N-methyl/N-ethyl adjacent to an activating group) is 1. The lowest BCUT2D eigenvalue weighted by molar-refractivity contribution is -0.384. The van der Waals surface area contributed by atoms with Gasteiger partial charge in [-0.1, -0.05) is 11.6 Å². The SMILES string of the molecule is CC1OCCC1N(C)Cc1cc([N+](=O)[O-])ccc1Cl. The Morgan fingerprint density at radius 3 is 2.89 bits per heavy atom. The maximum absolute atomic E-state index is 10.8. The van der Waals surface area contributed by atoms with E-state index < -0.39 is 4.92 Å². The number of nitro groups is 1. The molecule has 0 N–H and O–H groups in total. The number of hydrogen-bond donors (Lipinski definition) is 0. The average molecular weight is 285 g/mol. The van der Waals surface area contributed by atoms with E-state index in [-0.39, 0.29) is 11.8 Å². The first-order valence-electron chi connectivity index (χ1n) is 6.23. The lowest BCUT2D eigenvalue weighted by Gasteiger charge is -2.26. The number of nitro benzene ring substituents is 1. The Morgan fingerprint density at radius 1 is 1.58 bits per heavy atom. The van der Waals surface area contributed by atoms with Gasteiger partial charge in [-0.05, 0) is 32.0 Å². The molecule has 2 unspecified atom stereocenters. The molecular weight excluding hydrogens is 268 g/mol. The molecule has 0 spiro atoms. The average Bonchev–Trinajstić information content (AvgIpc) is 2.78. The van der Waals surface area contributed by atoms with E-state index in [0.29, 0.717) is 17.6 Å². The van der Waals surface area contributed by atoms with Crippen LogP contribution in [0.1, 0.15) is 18.9 Å². The van der Waals surface area contributed by atoms with Crippen molar-refractivity contribution in [2.75, 3.05) is 13.7 Å². The number of hydrogen-bond acceptors (Lipinski definition) is 4. The molecule has 2 atom stereocenters. The molecule has 1 aromatic carbocycles. The Hall–Kier alpha value is -1.17. The van der Waals surface area contributed by atoms with Crippen LogP contribution in [-0.4, -0.2) is 35.6 Å². The monoisotopic (exact) mass is 284 g/mol. The van der Waals surface area contributed by atoms with Gasteiger partial charge in [0, 0.05) is 36.3 Å². The third kappa shape index (κ3) is 3.23. The first kappa shape index (κ1) is 14.2. The fourth-order valence-electron chi connectivity index (χ4n) is 2.48. The number of benzene rings is 1. The summed E-state index contributed by atoms with van der Waals surface area (Å²) in [5, 5.41) is 11.3. The van der Waals surface area contributed by atoms with Crippen LogP contribution in [0.4, 0.5) is 5.69 Å². The maximum Gasteiger partial charge on any atom is 0.269 e. The minimum absolute atomic E-state index is 0.0727. The predicted octanol–water partition coefficient (Wildman–Crippen LogP) is 2.86. The molecule has 1 fully saturated rings. The highest BCUT2D eigenvalue weighted by molar-refractivity contribution is 6.31. The van der Waals surface area contributed by atoms with Gasteiger partial charge in [-0.3, -0.25) is 15.0 Å². The van der Waals surface area contributed by atoms with Crippen LogP contribution in [0, 0.1) is 10.1 Å². The third-order valence-electron chi connectivity index (χ3n) is 3.56. The Balaban J connectivity index is 2.13. The molecule has 0 aromatic heterocycles. The highest BCUT2D eigenvalue weighted by atomic mass is 35.5. The van der Waals surface area contributed by atoms with E-state index in [0.717, 1.165) is 18.6 Å². The van der Waals surface area contributed by atoms with Gasteiger partial charge < -0.3 is 4.74 Å². The van der Waals surface area contributed by atoms with Crippen LogP contribution >= 0.6 is 11.6 Å². The van der Waals surface area contributed by atoms with Crippen LogP contribution in [0.25, 0.3) is 0 Å². The molecule has 0 amide bonds. The van der Waals surface area contributed by atoms with Gasteiger partial charge in [0.05, 0.1) is 11.0 Å². The second-order valence-electron chi connectivity index (χ2n) is 4.88. The van der Waals surface area contributed by atoms with Crippen molar-refractivity contribution >= 4 is 17.3 Å². The van der Waals surface area contributed by atoms with Crippen LogP contribution in [-0.2, 0) is 11.3 Å². The highest BCUT2D eigenvalue weighted by Gasteiger charge is 2.28. The molecule has 1 aromatic rings. The van der Waals surface area contributed by atoms with Gasteiger partial charge >= 0.3 is 0 Å². The van der Waals surface area contributed by atoms with Crippen molar-refractivity contribution in [3.8, 4) is 0 Å². The normalized spacial score (nSPS) is 22.9. The van der Waals surface area contributed by atoms with E-state index in [9.17, 15) is 10.1 Å². The highest BCUT2D eigenvalue weighted by Crippen LogP contribution is 2.26. The van der Waals surface area contributed by atoms with Crippen molar-refractivity contribution in [2.24, 2.45) is 0 Å². The summed E-state index contributed by atoms with van der Waals surface area (Å²) in [7, 11) is 1.99. The molecule has 0 saturated carbocycles. The summed E-state index contributed by atoms with van der Waals surface area (Å²) in [6.07, 6.45) is 1.16. The Bertz CT molecular complexity index is 481. The van der Waals surface area contributed by atoms with Crippen molar-refractivity contribution in [1.82, 2.24) is 4.90 Å². The molecule has 1 heterocycles. The van der Waals surface area contributed by atoms with E-state index in [1.165, 1.54) is 6.07 Å². The number of nitrogens with zero attached hydrogens (tertiary/aromatic N) is 2. The van der Waals surface area contributed by atoms with Crippen molar-refractivity contribution in [3.63, 3.8) is 0 Å². The summed E-state index contributed by atoms with van der Waals surface area (Å²) in [6.45, 7) is 3.39. The van der Waals surface area contributed by atoms with Crippen LogP contribution < -0.4 is 0 Å². The summed E-state index contributed by atoms with van der Waals surface area (Å²) >= 11 is 6.11. The fraction of sp³-hybridized carbons (Fsp3) is 0.538. The topological polar surface area (TPSA) is 55.6 Å². The Morgan fingerprint density at radius 2 is 2.32 bits per heavy atom. The lowest BCUT2D eigenvalue weighted by atomic mass is 10.1. The molecule has 1 aliphatic heterocycles. The Kier molecular flexibility index (Phi) is 4.39. The molecule has 1 saturated heterocycles. The second-order valence-corrected chi connectivity index (χ2v) is 5.29.